The summed E-state index contributed by atoms with van der Waals surface area (Å²) in [6.07, 6.45) is 1.27. The lowest BCUT2D eigenvalue weighted by Crippen LogP contribution is -2.38. The van der Waals surface area contributed by atoms with Crippen LogP contribution in [0.2, 0.25) is 0 Å². The molecule has 134 valence electrons. The quantitative estimate of drug-likeness (QED) is 0.671. The number of aliphatic hydroxyl groups excluding tert-OH is 1. The van der Waals surface area contributed by atoms with Crippen molar-refractivity contribution >= 4 is 0 Å². The van der Waals surface area contributed by atoms with Crippen molar-refractivity contribution in [3.8, 4) is 0 Å². The number of likely N-dealkylation sites (N-methyl/N-ethyl adjacent to an activating group) is 1. The van der Waals surface area contributed by atoms with Crippen molar-refractivity contribution in [2.45, 2.75) is 19.2 Å². The topological polar surface area (TPSA) is 26.7 Å². The predicted octanol–water partition coefficient (Wildman–Crippen LogP) is 3.31. The molecule has 0 aliphatic rings. The summed E-state index contributed by atoms with van der Waals surface area (Å²) < 4.78 is 13.9. The Labute approximate surface area is 150 Å². The highest BCUT2D eigenvalue weighted by atomic mass is 19.1. The van der Waals surface area contributed by atoms with Crippen molar-refractivity contribution < 1.29 is 9.50 Å². The third-order valence-corrected chi connectivity index (χ3v) is 4.03. The van der Waals surface area contributed by atoms with Crippen molar-refractivity contribution in [3.05, 3.63) is 84.2 Å². The fourth-order valence-electron chi connectivity index (χ4n) is 2.93. The average Bonchev–Trinajstić information content (AvgIpc) is 2.57. The van der Waals surface area contributed by atoms with Gasteiger partial charge in [0.05, 0.1) is 6.10 Å². The Morgan fingerprint density at radius 3 is 2.40 bits per heavy atom. The van der Waals surface area contributed by atoms with E-state index in [9.17, 15) is 9.50 Å². The van der Waals surface area contributed by atoms with Crippen LogP contribution in [0.5, 0.6) is 0 Å². The molecule has 25 heavy (non-hydrogen) atoms. The predicted molar refractivity (Wildman–Crippen MR) is 101 cm³/mol. The van der Waals surface area contributed by atoms with Crippen molar-refractivity contribution in [1.29, 1.82) is 0 Å². The second-order valence-corrected chi connectivity index (χ2v) is 6.41. The fraction of sp³-hybridized carbons (Fsp3) is 0.333. The molecule has 2 aromatic carbocycles. The first-order chi connectivity index (χ1) is 12.1. The van der Waals surface area contributed by atoms with E-state index in [1.54, 1.807) is 18.2 Å². The number of hydrogen-bond donors (Lipinski definition) is 1. The first-order valence-electron chi connectivity index (χ1n) is 8.55. The lowest BCUT2D eigenvalue weighted by molar-refractivity contribution is 0.0811. The van der Waals surface area contributed by atoms with Crippen molar-refractivity contribution in [2.24, 2.45) is 0 Å². The zero-order valence-corrected chi connectivity index (χ0v) is 14.8. The Bertz CT molecular complexity index is 647. The van der Waals surface area contributed by atoms with Gasteiger partial charge in [-0.3, -0.25) is 9.80 Å². The van der Waals surface area contributed by atoms with Gasteiger partial charge in [0.2, 0.25) is 0 Å². The average molecular weight is 342 g/mol. The summed E-state index contributed by atoms with van der Waals surface area (Å²) in [5, 5.41) is 10.4. The SMILES string of the molecule is C=CCN(Cc1ccccc1F)CC(O)CN(C)Cc1ccccc1. The smallest absolute Gasteiger partial charge is 0.127 e. The van der Waals surface area contributed by atoms with E-state index in [0.29, 0.717) is 31.7 Å². The Kier molecular flexibility index (Phi) is 7.79. The van der Waals surface area contributed by atoms with E-state index >= 15 is 0 Å². The summed E-state index contributed by atoms with van der Waals surface area (Å²) in [5.41, 5.74) is 1.85. The molecule has 0 aromatic heterocycles. The molecule has 2 aromatic rings. The number of nitrogens with zero attached hydrogens (tertiary/aromatic N) is 2. The van der Waals surface area contributed by atoms with Gasteiger partial charge in [-0.2, -0.15) is 0 Å². The van der Waals surface area contributed by atoms with Crippen molar-refractivity contribution in [2.75, 3.05) is 26.7 Å². The van der Waals surface area contributed by atoms with Crippen LogP contribution in [0.4, 0.5) is 4.39 Å². The van der Waals surface area contributed by atoms with Gasteiger partial charge >= 0.3 is 0 Å². The van der Waals surface area contributed by atoms with E-state index in [4.69, 9.17) is 0 Å². The zero-order valence-electron chi connectivity index (χ0n) is 14.8. The summed E-state index contributed by atoms with van der Waals surface area (Å²) in [5.74, 6) is -0.216. The molecule has 3 nitrogen and oxygen atoms in total. The van der Waals surface area contributed by atoms with Gasteiger partial charge < -0.3 is 5.11 Å². The minimum Gasteiger partial charge on any atom is -0.390 e. The lowest BCUT2D eigenvalue weighted by atomic mass is 10.1. The Morgan fingerprint density at radius 1 is 1.04 bits per heavy atom. The first kappa shape index (κ1) is 19.3. The fourth-order valence-corrected chi connectivity index (χ4v) is 2.93. The third kappa shape index (κ3) is 6.78. The van der Waals surface area contributed by atoms with Crippen LogP contribution in [0.25, 0.3) is 0 Å². The van der Waals surface area contributed by atoms with Gasteiger partial charge in [0.15, 0.2) is 0 Å². The molecule has 0 radical (unpaired) electrons. The third-order valence-electron chi connectivity index (χ3n) is 4.03. The normalized spacial score (nSPS) is 12.5. The molecule has 0 amide bonds. The van der Waals surface area contributed by atoms with Gasteiger partial charge in [0, 0.05) is 38.3 Å². The van der Waals surface area contributed by atoms with Crippen LogP contribution < -0.4 is 0 Å². The Hall–Kier alpha value is -2.01. The Balaban J connectivity index is 1.87. The molecule has 0 bridgehead atoms. The van der Waals surface area contributed by atoms with E-state index < -0.39 is 6.10 Å². The molecule has 2 rings (SSSR count). The van der Waals surface area contributed by atoms with Gasteiger partial charge in [-0.1, -0.05) is 54.6 Å². The van der Waals surface area contributed by atoms with Crippen LogP contribution in [-0.4, -0.2) is 47.7 Å². The second-order valence-electron chi connectivity index (χ2n) is 6.41. The molecule has 0 aliphatic heterocycles. The molecule has 0 heterocycles. The summed E-state index contributed by atoms with van der Waals surface area (Å²) in [6.45, 7) is 6.63. The van der Waals surface area contributed by atoms with E-state index in [0.717, 1.165) is 6.54 Å². The monoisotopic (exact) mass is 342 g/mol. The van der Waals surface area contributed by atoms with Gasteiger partial charge in [-0.05, 0) is 18.7 Å². The van der Waals surface area contributed by atoms with Crippen LogP contribution in [0.1, 0.15) is 11.1 Å². The highest BCUT2D eigenvalue weighted by Crippen LogP contribution is 2.11. The van der Waals surface area contributed by atoms with Gasteiger partial charge in [-0.15, -0.1) is 6.58 Å². The van der Waals surface area contributed by atoms with Crippen molar-refractivity contribution in [3.63, 3.8) is 0 Å². The molecule has 0 saturated carbocycles. The maximum absolute atomic E-state index is 13.9. The maximum atomic E-state index is 13.9. The van der Waals surface area contributed by atoms with E-state index in [1.165, 1.54) is 11.6 Å². The highest BCUT2D eigenvalue weighted by molar-refractivity contribution is 5.17. The molecular formula is C21H27FN2O. The summed E-state index contributed by atoms with van der Waals surface area (Å²) >= 11 is 0. The second kappa shape index (κ2) is 10.1. The molecule has 0 fully saturated rings. The lowest BCUT2D eigenvalue weighted by Gasteiger charge is -2.27. The molecule has 0 saturated heterocycles. The largest absolute Gasteiger partial charge is 0.390 e. The summed E-state index contributed by atoms with van der Waals surface area (Å²) in [4.78, 5) is 4.10. The number of halogens is 1. The molecule has 1 atom stereocenters. The van der Waals surface area contributed by atoms with Gasteiger partial charge in [0.25, 0.3) is 0 Å². The number of aliphatic hydroxyl groups is 1. The first-order valence-corrected chi connectivity index (χ1v) is 8.55. The van der Waals surface area contributed by atoms with Gasteiger partial charge in [-0.25, -0.2) is 4.39 Å². The van der Waals surface area contributed by atoms with E-state index in [1.807, 2.05) is 36.2 Å². The minimum atomic E-state index is -0.513. The summed E-state index contributed by atoms with van der Waals surface area (Å²) in [7, 11) is 1.99. The number of rotatable bonds is 10. The molecule has 4 heteroatoms. The van der Waals surface area contributed by atoms with Crippen LogP contribution in [0.3, 0.4) is 0 Å². The van der Waals surface area contributed by atoms with Crippen LogP contribution in [0, 0.1) is 5.82 Å². The maximum Gasteiger partial charge on any atom is 0.127 e. The minimum absolute atomic E-state index is 0.216. The molecular weight excluding hydrogens is 315 g/mol. The Morgan fingerprint density at radius 2 is 1.72 bits per heavy atom. The molecule has 0 spiro atoms. The van der Waals surface area contributed by atoms with Crippen molar-refractivity contribution in [1.82, 2.24) is 9.80 Å². The van der Waals surface area contributed by atoms with E-state index in [2.05, 4.69) is 23.6 Å². The van der Waals surface area contributed by atoms with Crippen LogP contribution >= 0.6 is 0 Å². The molecule has 1 N–H and O–H groups in total. The zero-order chi connectivity index (χ0) is 18.1. The summed E-state index contributed by atoms with van der Waals surface area (Å²) in [6, 6.07) is 16.9. The van der Waals surface area contributed by atoms with Crippen LogP contribution in [0.15, 0.2) is 67.3 Å². The van der Waals surface area contributed by atoms with Gasteiger partial charge in [0.1, 0.15) is 5.82 Å². The highest BCUT2D eigenvalue weighted by Gasteiger charge is 2.15. The molecule has 0 aliphatic carbocycles. The standard InChI is InChI=1S/C21H27FN2O/c1-3-13-24(15-19-11-7-8-12-21(19)22)17-20(25)16-23(2)14-18-9-5-4-6-10-18/h3-12,20,25H,1,13-17H2,2H3. The number of hydrogen-bond acceptors (Lipinski definition) is 3. The van der Waals surface area contributed by atoms with Crippen LogP contribution in [-0.2, 0) is 13.1 Å². The molecule has 1 unspecified atom stereocenters. The van der Waals surface area contributed by atoms with E-state index in [-0.39, 0.29) is 5.82 Å². The number of benzene rings is 2.